The van der Waals surface area contributed by atoms with Crippen LogP contribution in [0.15, 0.2) is 170 Å². The number of hydrogen-bond acceptors (Lipinski definition) is 1. The van der Waals surface area contributed by atoms with Crippen molar-refractivity contribution in [2.24, 2.45) is 0 Å². The topological polar surface area (TPSA) is 3.24 Å². The van der Waals surface area contributed by atoms with E-state index >= 15 is 0 Å². The summed E-state index contributed by atoms with van der Waals surface area (Å²) in [5.41, 5.74) is 25.3. The third-order valence-electron chi connectivity index (χ3n) is 15.4. The summed E-state index contributed by atoms with van der Waals surface area (Å²) in [6.07, 6.45) is 0. The van der Waals surface area contributed by atoms with Crippen LogP contribution in [0.2, 0.25) is 0 Å². The van der Waals surface area contributed by atoms with E-state index in [1.165, 1.54) is 94.6 Å². The molecule has 368 valence electrons. The highest BCUT2D eigenvalue weighted by Crippen LogP contribution is 2.51. The molecule has 0 radical (unpaired) electrons. The molecule has 1 aliphatic rings. The van der Waals surface area contributed by atoms with Crippen LogP contribution in [-0.4, -0.2) is 0 Å². The molecule has 0 fully saturated rings. The van der Waals surface area contributed by atoms with Crippen molar-refractivity contribution < 1.29 is 0 Å². The first-order valence-electron chi connectivity index (χ1n) is 26.4. The minimum atomic E-state index is -0.128. The molecular weight excluding hydrogens is 867 g/mol. The quantitative estimate of drug-likeness (QED) is 0.154. The Morgan fingerprint density at radius 2 is 0.653 bits per heavy atom. The zero-order valence-corrected chi connectivity index (χ0v) is 46.6. The zero-order chi connectivity index (χ0) is 51.9. The van der Waals surface area contributed by atoms with Crippen LogP contribution in [0, 0.1) is 0 Å². The van der Waals surface area contributed by atoms with Gasteiger partial charge in [-0.05, 0) is 170 Å². The highest BCUT2D eigenvalue weighted by Gasteiger charge is 2.36. The summed E-state index contributed by atoms with van der Waals surface area (Å²) < 4.78 is 0. The summed E-state index contributed by atoms with van der Waals surface area (Å²) in [5.74, 6) is 0. The Balaban J connectivity index is 1.19. The summed E-state index contributed by atoms with van der Waals surface area (Å²) in [7, 11) is 0. The molecule has 0 amide bonds. The first-order valence-corrected chi connectivity index (χ1v) is 26.4. The van der Waals surface area contributed by atoms with Gasteiger partial charge in [0.1, 0.15) is 0 Å². The maximum atomic E-state index is 2.46. The monoisotopic (exact) mass is 946 g/mol. The molecule has 0 bridgehead atoms. The fraction of sp³-hybridized carbons (Fsp3) is 0.324. The molecule has 72 heavy (non-hydrogen) atoms. The van der Waals surface area contributed by atoms with Crippen molar-refractivity contribution in [1.82, 2.24) is 0 Å². The fourth-order valence-electron chi connectivity index (χ4n) is 10.5. The standard InChI is InChI=1S/C71H79N/c1-66(2,3)54-29-25-46(26-30-54)47-27-31-59(32-28-47)72(61-33-34-63-62-23-18-19-24-64(62)71(16,17)65(63)45-61)60-22-20-21-48(43-60)49-35-50(38-55(37-49)67(4,5)6)51-36-52(40-56(39-51)68(7,8)9)53-41-57(69(10,11)12)44-58(42-53)70(13,14)15/h18-45H,1-17H3. The van der Waals surface area contributed by atoms with Crippen molar-refractivity contribution in [3.05, 3.63) is 209 Å². The number of benzene rings is 8. The van der Waals surface area contributed by atoms with Crippen molar-refractivity contribution in [1.29, 1.82) is 0 Å². The minimum Gasteiger partial charge on any atom is -0.310 e. The highest BCUT2D eigenvalue weighted by atomic mass is 15.1. The van der Waals surface area contributed by atoms with E-state index in [4.69, 9.17) is 0 Å². The Morgan fingerprint density at radius 3 is 1.14 bits per heavy atom. The van der Waals surface area contributed by atoms with Gasteiger partial charge in [-0.15, -0.1) is 0 Å². The number of rotatable bonds is 7. The van der Waals surface area contributed by atoms with Gasteiger partial charge < -0.3 is 4.90 Å². The predicted molar refractivity (Wildman–Crippen MR) is 314 cm³/mol. The van der Waals surface area contributed by atoms with E-state index in [-0.39, 0.29) is 32.5 Å². The molecule has 0 unspecified atom stereocenters. The van der Waals surface area contributed by atoms with Crippen molar-refractivity contribution in [3.8, 4) is 55.6 Å². The van der Waals surface area contributed by atoms with Gasteiger partial charge in [0.15, 0.2) is 0 Å². The van der Waals surface area contributed by atoms with Gasteiger partial charge in [0.05, 0.1) is 0 Å². The van der Waals surface area contributed by atoms with Gasteiger partial charge in [0.2, 0.25) is 0 Å². The number of hydrogen-bond donors (Lipinski definition) is 0. The van der Waals surface area contributed by atoms with Gasteiger partial charge >= 0.3 is 0 Å². The van der Waals surface area contributed by atoms with E-state index in [0.29, 0.717) is 0 Å². The summed E-state index contributed by atoms with van der Waals surface area (Å²) in [6.45, 7) is 39.6. The maximum Gasteiger partial charge on any atom is 0.0467 e. The SMILES string of the molecule is CC(C)(C)c1ccc(-c2ccc(N(c3cccc(-c4cc(-c5cc(-c6cc(C(C)(C)C)cc(C(C)(C)C)c6)cc(C(C)(C)C)c5)cc(C(C)(C)C)c4)c3)c3ccc4c(c3)C(C)(C)c3ccccc3-4)cc2)cc1. The predicted octanol–water partition coefficient (Wildman–Crippen LogP) is 20.6. The lowest BCUT2D eigenvalue weighted by Gasteiger charge is -2.29. The molecule has 0 aliphatic heterocycles. The molecule has 1 heteroatoms. The summed E-state index contributed by atoms with van der Waals surface area (Å²) in [6, 6.07) is 65.5. The van der Waals surface area contributed by atoms with E-state index in [1.807, 2.05) is 0 Å². The first-order chi connectivity index (χ1) is 33.6. The Morgan fingerprint density at radius 1 is 0.264 bits per heavy atom. The Labute approximate surface area is 434 Å². The van der Waals surface area contributed by atoms with Gasteiger partial charge in [-0.3, -0.25) is 0 Å². The van der Waals surface area contributed by atoms with Gasteiger partial charge in [-0.25, -0.2) is 0 Å². The van der Waals surface area contributed by atoms with Gasteiger partial charge in [-0.2, -0.15) is 0 Å². The van der Waals surface area contributed by atoms with Crippen LogP contribution >= 0.6 is 0 Å². The minimum absolute atomic E-state index is 0.0197. The van der Waals surface area contributed by atoms with Crippen LogP contribution in [0.25, 0.3) is 55.6 Å². The summed E-state index contributed by atoms with van der Waals surface area (Å²) in [5, 5.41) is 0. The summed E-state index contributed by atoms with van der Waals surface area (Å²) in [4.78, 5) is 2.46. The lowest BCUT2D eigenvalue weighted by atomic mass is 9.77. The van der Waals surface area contributed by atoms with Crippen molar-refractivity contribution >= 4 is 17.1 Å². The number of fused-ring (bicyclic) bond motifs is 3. The highest BCUT2D eigenvalue weighted by molar-refractivity contribution is 5.88. The van der Waals surface area contributed by atoms with E-state index in [0.717, 1.165) is 17.1 Å². The Hall–Kier alpha value is -6.44. The van der Waals surface area contributed by atoms with Gasteiger partial charge in [0, 0.05) is 22.5 Å². The molecule has 8 aromatic carbocycles. The van der Waals surface area contributed by atoms with Gasteiger partial charge in [0.25, 0.3) is 0 Å². The molecule has 0 saturated heterocycles. The van der Waals surface area contributed by atoms with Crippen molar-refractivity contribution in [2.45, 2.75) is 150 Å². The van der Waals surface area contributed by atoms with E-state index < -0.39 is 0 Å². The van der Waals surface area contributed by atoms with Crippen molar-refractivity contribution in [2.75, 3.05) is 4.90 Å². The fourth-order valence-corrected chi connectivity index (χ4v) is 10.5. The van der Waals surface area contributed by atoms with E-state index in [1.54, 1.807) is 0 Å². The summed E-state index contributed by atoms with van der Waals surface area (Å²) >= 11 is 0. The lowest BCUT2D eigenvalue weighted by molar-refractivity contribution is 0.569. The molecule has 1 aliphatic carbocycles. The molecule has 0 aromatic heterocycles. The van der Waals surface area contributed by atoms with Gasteiger partial charge in [-0.1, -0.05) is 239 Å². The zero-order valence-electron chi connectivity index (χ0n) is 46.6. The van der Waals surface area contributed by atoms with Crippen LogP contribution in [-0.2, 0) is 32.5 Å². The van der Waals surface area contributed by atoms with Crippen LogP contribution < -0.4 is 4.90 Å². The smallest absolute Gasteiger partial charge is 0.0467 e. The molecular formula is C71H79N. The largest absolute Gasteiger partial charge is 0.310 e. The Kier molecular flexibility index (Phi) is 12.6. The second kappa shape index (κ2) is 17.9. The average molecular weight is 946 g/mol. The first kappa shape index (κ1) is 50.5. The van der Waals surface area contributed by atoms with Crippen LogP contribution in [0.5, 0.6) is 0 Å². The molecule has 0 spiro atoms. The maximum absolute atomic E-state index is 2.46. The lowest BCUT2D eigenvalue weighted by Crippen LogP contribution is -2.16. The van der Waals surface area contributed by atoms with Crippen LogP contribution in [0.1, 0.15) is 157 Å². The molecule has 9 rings (SSSR count). The normalized spacial score (nSPS) is 13.7. The van der Waals surface area contributed by atoms with Crippen molar-refractivity contribution in [3.63, 3.8) is 0 Å². The molecule has 0 heterocycles. The third kappa shape index (κ3) is 10.0. The second-order valence-electron chi connectivity index (χ2n) is 26.6. The molecule has 0 atom stereocenters. The van der Waals surface area contributed by atoms with E-state index in [2.05, 4.69) is 292 Å². The molecule has 0 saturated carbocycles. The number of nitrogens with zero attached hydrogens (tertiary/aromatic N) is 1. The Bertz CT molecular complexity index is 3270. The van der Waals surface area contributed by atoms with Crippen LogP contribution in [0.4, 0.5) is 17.1 Å². The number of anilines is 3. The molecule has 1 nitrogen and oxygen atoms in total. The van der Waals surface area contributed by atoms with E-state index in [9.17, 15) is 0 Å². The van der Waals surface area contributed by atoms with Crippen LogP contribution in [0.3, 0.4) is 0 Å². The second-order valence-corrected chi connectivity index (χ2v) is 26.6. The average Bonchev–Trinajstić information content (AvgIpc) is 3.55. The molecule has 8 aromatic rings. The third-order valence-corrected chi connectivity index (χ3v) is 15.4. The molecule has 0 N–H and O–H groups in total.